The number of rotatable bonds is 0. The molecule has 2 N–H and O–H groups in total. The van der Waals surface area contributed by atoms with Crippen LogP contribution in [0.1, 0.15) is 17.5 Å². The van der Waals surface area contributed by atoms with E-state index in [4.69, 9.17) is 15.2 Å². The predicted octanol–water partition coefficient (Wildman–Crippen LogP) is 2.11. The topological polar surface area (TPSA) is 44.5 Å². The summed E-state index contributed by atoms with van der Waals surface area (Å²) in [5.41, 5.74) is 9.50. The third kappa shape index (κ3) is 1.63. The third-order valence-electron chi connectivity index (χ3n) is 3.40. The zero-order chi connectivity index (χ0) is 11.2. The zero-order valence-electron chi connectivity index (χ0n) is 8.96. The van der Waals surface area contributed by atoms with Crippen LogP contribution < -0.4 is 5.73 Å². The fourth-order valence-corrected chi connectivity index (χ4v) is 3.35. The van der Waals surface area contributed by atoms with Gasteiger partial charge in [-0.1, -0.05) is 6.07 Å². The summed E-state index contributed by atoms with van der Waals surface area (Å²) >= 11 is 2.33. The van der Waals surface area contributed by atoms with Gasteiger partial charge in [-0.2, -0.15) is 0 Å². The van der Waals surface area contributed by atoms with Crippen molar-refractivity contribution >= 4 is 28.3 Å². The van der Waals surface area contributed by atoms with Gasteiger partial charge in [-0.05, 0) is 46.2 Å². The summed E-state index contributed by atoms with van der Waals surface area (Å²) in [5.74, 6) is -0.341. The van der Waals surface area contributed by atoms with Crippen LogP contribution in [0.15, 0.2) is 12.1 Å². The van der Waals surface area contributed by atoms with Crippen LogP contribution >= 0.6 is 22.6 Å². The zero-order valence-corrected chi connectivity index (χ0v) is 11.1. The first-order valence-electron chi connectivity index (χ1n) is 5.54. The summed E-state index contributed by atoms with van der Waals surface area (Å²) in [5, 5.41) is 0. The molecule has 1 saturated heterocycles. The molecule has 1 aliphatic carbocycles. The molecule has 1 fully saturated rings. The number of anilines is 1. The highest BCUT2D eigenvalue weighted by Crippen LogP contribution is 2.38. The normalized spacial score (nSPS) is 22.3. The summed E-state index contributed by atoms with van der Waals surface area (Å²) < 4.78 is 12.7. The smallest absolute Gasteiger partial charge is 0.172 e. The number of nitrogen functional groups attached to an aromatic ring is 1. The number of nitrogens with two attached hydrogens (primary N) is 1. The lowest BCUT2D eigenvalue weighted by atomic mass is 9.87. The maximum atomic E-state index is 5.92. The Morgan fingerprint density at radius 2 is 2.00 bits per heavy atom. The second kappa shape index (κ2) is 3.85. The number of halogens is 1. The van der Waals surface area contributed by atoms with Gasteiger partial charge in [-0.25, -0.2) is 0 Å². The minimum absolute atomic E-state index is 0.341. The number of ether oxygens (including phenoxy) is 2. The average molecular weight is 331 g/mol. The van der Waals surface area contributed by atoms with Crippen LogP contribution in [0.4, 0.5) is 5.69 Å². The number of hydrogen-bond donors (Lipinski definition) is 1. The standard InChI is InChI=1S/C12H14INO2/c13-11-9-3-4-12(15-5-6-16-12)7-8(9)1-2-10(11)14/h1-2H,3-7,14H2. The van der Waals surface area contributed by atoms with E-state index in [1.807, 2.05) is 6.07 Å². The number of fused-ring (bicyclic) bond motifs is 1. The van der Waals surface area contributed by atoms with E-state index in [1.165, 1.54) is 14.7 Å². The number of hydrogen-bond acceptors (Lipinski definition) is 3. The van der Waals surface area contributed by atoms with Gasteiger partial charge in [0.25, 0.3) is 0 Å². The van der Waals surface area contributed by atoms with Gasteiger partial charge < -0.3 is 15.2 Å². The summed E-state index contributed by atoms with van der Waals surface area (Å²) in [6, 6.07) is 4.09. The molecular formula is C12H14INO2. The fraction of sp³-hybridized carbons (Fsp3) is 0.500. The van der Waals surface area contributed by atoms with Crippen molar-refractivity contribution in [1.82, 2.24) is 0 Å². The molecule has 4 heteroatoms. The van der Waals surface area contributed by atoms with Gasteiger partial charge in [0, 0.05) is 22.1 Å². The average Bonchev–Trinajstić information content (AvgIpc) is 2.72. The molecule has 86 valence electrons. The monoisotopic (exact) mass is 331 g/mol. The molecule has 0 amide bonds. The molecule has 3 rings (SSSR count). The van der Waals surface area contributed by atoms with Crippen molar-refractivity contribution < 1.29 is 9.47 Å². The van der Waals surface area contributed by atoms with Gasteiger partial charge in [0.05, 0.1) is 13.2 Å². The molecule has 1 aromatic rings. The Balaban J connectivity index is 1.98. The summed E-state index contributed by atoms with van der Waals surface area (Å²) in [7, 11) is 0. The summed E-state index contributed by atoms with van der Waals surface area (Å²) in [6.07, 6.45) is 2.80. The van der Waals surface area contributed by atoms with Gasteiger partial charge in [0.2, 0.25) is 0 Å². The second-order valence-corrected chi connectivity index (χ2v) is 5.47. The molecule has 0 aromatic heterocycles. The highest BCUT2D eigenvalue weighted by atomic mass is 127. The SMILES string of the molecule is Nc1ccc2c(c1I)CCC1(C2)OCCO1. The van der Waals surface area contributed by atoms with Crippen LogP contribution in [0, 0.1) is 3.57 Å². The minimum Gasteiger partial charge on any atom is -0.398 e. The van der Waals surface area contributed by atoms with Crippen LogP contribution in [0.5, 0.6) is 0 Å². The summed E-state index contributed by atoms with van der Waals surface area (Å²) in [6.45, 7) is 1.45. The molecule has 0 atom stereocenters. The Morgan fingerprint density at radius 1 is 1.25 bits per heavy atom. The largest absolute Gasteiger partial charge is 0.398 e. The molecule has 16 heavy (non-hydrogen) atoms. The van der Waals surface area contributed by atoms with Crippen LogP contribution in [0.3, 0.4) is 0 Å². The van der Waals surface area contributed by atoms with E-state index in [0.29, 0.717) is 0 Å². The third-order valence-corrected chi connectivity index (χ3v) is 4.67. The number of benzene rings is 1. The van der Waals surface area contributed by atoms with Crippen molar-refractivity contribution in [2.24, 2.45) is 0 Å². The summed E-state index contributed by atoms with van der Waals surface area (Å²) in [4.78, 5) is 0. The Kier molecular flexibility index (Phi) is 2.60. The molecule has 0 radical (unpaired) electrons. The van der Waals surface area contributed by atoms with Crippen LogP contribution in [0.25, 0.3) is 0 Å². The van der Waals surface area contributed by atoms with E-state index in [9.17, 15) is 0 Å². The molecule has 1 heterocycles. The molecule has 1 aliphatic heterocycles. The van der Waals surface area contributed by atoms with Crippen molar-refractivity contribution in [2.75, 3.05) is 18.9 Å². The maximum absolute atomic E-state index is 5.92. The van der Waals surface area contributed by atoms with Crippen molar-refractivity contribution in [3.63, 3.8) is 0 Å². The van der Waals surface area contributed by atoms with E-state index >= 15 is 0 Å². The second-order valence-electron chi connectivity index (χ2n) is 4.39. The van der Waals surface area contributed by atoms with Crippen molar-refractivity contribution in [1.29, 1.82) is 0 Å². The van der Waals surface area contributed by atoms with Gasteiger partial charge in [0.1, 0.15) is 0 Å². The molecular weight excluding hydrogens is 317 g/mol. The molecule has 1 spiro atoms. The Hall–Kier alpha value is -0.330. The Bertz CT molecular complexity index is 427. The molecule has 0 unspecified atom stereocenters. The first kappa shape index (κ1) is 10.8. The van der Waals surface area contributed by atoms with Gasteiger partial charge in [0.15, 0.2) is 5.79 Å². The molecule has 0 saturated carbocycles. The van der Waals surface area contributed by atoms with E-state index < -0.39 is 0 Å². The lowest BCUT2D eigenvalue weighted by Gasteiger charge is -2.33. The minimum atomic E-state index is -0.341. The van der Waals surface area contributed by atoms with Gasteiger partial charge in [-0.15, -0.1) is 0 Å². The molecule has 0 bridgehead atoms. The van der Waals surface area contributed by atoms with E-state index in [0.717, 1.165) is 38.2 Å². The van der Waals surface area contributed by atoms with Crippen LogP contribution in [0.2, 0.25) is 0 Å². The van der Waals surface area contributed by atoms with E-state index in [2.05, 4.69) is 28.7 Å². The first-order chi connectivity index (χ1) is 7.70. The van der Waals surface area contributed by atoms with Crippen molar-refractivity contribution in [2.45, 2.75) is 25.0 Å². The highest BCUT2D eigenvalue weighted by molar-refractivity contribution is 14.1. The Morgan fingerprint density at radius 3 is 2.75 bits per heavy atom. The van der Waals surface area contributed by atoms with Crippen molar-refractivity contribution in [3.05, 3.63) is 26.8 Å². The van der Waals surface area contributed by atoms with Crippen molar-refractivity contribution in [3.8, 4) is 0 Å². The lowest BCUT2D eigenvalue weighted by Crippen LogP contribution is -2.37. The maximum Gasteiger partial charge on any atom is 0.172 e. The van der Waals surface area contributed by atoms with Crippen LogP contribution in [-0.4, -0.2) is 19.0 Å². The molecule has 3 nitrogen and oxygen atoms in total. The van der Waals surface area contributed by atoms with Crippen LogP contribution in [-0.2, 0) is 22.3 Å². The lowest BCUT2D eigenvalue weighted by molar-refractivity contribution is -0.163. The van der Waals surface area contributed by atoms with Gasteiger partial charge >= 0.3 is 0 Å². The molecule has 1 aromatic carbocycles. The first-order valence-corrected chi connectivity index (χ1v) is 6.62. The van der Waals surface area contributed by atoms with E-state index in [1.54, 1.807) is 0 Å². The van der Waals surface area contributed by atoms with Gasteiger partial charge in [-0.3, -0.25) is 0 Å². The predicted molar refractivity (Wildman–Crippen MR) is 70.2 cm³/mol. The fourth-order valence-electron chi connectivity index (χ4n) is 2.55. The van der Waals surface area contributed by atoms with E-state index in [-0.39, 0.29) is 5.79 Å². The quantitative estimate of drug-likeness (QED) is 0.585. The Labute approximate surface area is 108 Å². The highest BCUT2D eigenvalue weighted by Gasteiger charge is 2.40. The molecule has 2 aliphatic rings.